The third kappa shape index (κ3) is 3.35. The van der Waals surface area contributed by atoms with Crippen LogP contribution >= 0.6 is 11.3 Å². The van der Waals surface area contributed by atoms with Gasteiger partial charge in [0, 0.05) is 25.7 Å². The van der Waals surface area contributed by atoms with Crippen molar-refractivity contribution in [3.05, 3.63) is 16.8 Å². The van der Waals surface area contributed by atoms with Gasteiger partial charge >= 0.3 is 5.97 Å². The molecule has 0 aliphatic carbocycles. The molecule has 1 atom stereocenters. The summed E-state index contributed by atoms with van der Waals surface area (Å²) in [4.78, 5) is 27.5. The number of hydrogen-bond donors (Lipinski definition) is 0. The van der Waals surface area contributed by atoms with Crippen LogP contribution in [0.4, 0.5) is 5.82 Å². The lowest BCUT2D eigenvalue weighted by Gasteiger charge is -2.43. The van der Waals surface area contributed by atoms with Gasteiger partial charge in [-0.2, -0.15) is 0 Å². The number of carbonyl (C=O) groups is 1. The molecule has 0 aromatic carbocycles. The van der Waals surface area contributed by atoms with Crippen molar-refractivity contribution in [2.45, 2.75) is 33.7 Å². The number of fused-ring (bicyclic) bond motifs is 1. The van der Waals surface area contributed by atoms with Crippen LogP contribution in [0.15, 0.2) is 6.33 Å². The molecule has 3 heterocycles. The van der Waals surface area contributed by atoms with Gasteiger partial charge in [0.05, 0.1) is 12.0 Å². The lowest BCUT2D eigenvalue weighted by Crippen LogP contribution is -2.54. The highest BCUT2D eigenvalue weighted by Gasteiger charge is 2.31. The molecule has 1 saturated heterocycles. The fraction of sp³-hybridized carbons (Fsp3) is 0.611. The maximum Gasteiger partial charge on any atom is 0.348 e. The molecule has 2 aromatic heterocycles. The quantitative estimate of drug-likeness (QED) is 0.780. The van der Waals surface area contributed by atoms with Crippen LogP contribution in [-0.2, 0) is 4.74 Å². The first kappa shape index (κ1) is 18.1. The molecule has 0 radical (unpaired) electrons. The molecule has 0 amide bonds. The number of ether oxygens (including phenoxy) is 1. The Hall–Kier alpha value is -1.73. The minimum Gasteiger partial charge on any atom is -0.462 e. The van der Waals surface area contributed by atoms with E-state index in [1.165, 1.54) is 11.3 Å². The number of aryl methyl sites for hydroxylation is 1. The van der Waals surface area contributed by atoms with Gasteiger partial charge in [0.2, 0.25) is 0 Å². The number of piperazine rings is 1. The van der Waals surface area contributed by atoms with E-state index in [-0.39, 0.29) is 5.97 Å². The summed E-state index contributed by atoms with van der Waals surface area (Å²) in [5.41, 5.74) is 0.926. The van der Waals surface area contributed by atoms with Gasteiger partial charge in [-0.15, -0.1) is 11.3 Å². The van der Waals surface area contributed by atoms with E-state index in [0.29, 0.717) is 23.4 Å². The van der Waals surface area contributed by atoms with Crippen LogP contribution in [0.3, 0.4) is 0 Å². The first-order chi connectivity index (χ1) is 11.9. The van der Waals surface area contributed by atoms with Crippen LogP contribution in [0.2, 0.25) is 0 Å². The molecule has 6 nitrogen and oxygen atoms in total. The summed E-state index contributed by atoms with van der Waals surface area (Å²) in [5.74, 6) is 1.19. The van der Waals surface area contributed by atoms with Gasteiger partial charge in [0.25, 0.3) is 0 Å². The summed E-state index contributed by atoms with van der Waals surface area (Å²) < 4.78 is 5.20. The number of rotatable bonds is 4. The molecule has 7 heteroatoms. The van der Waals surface area contributed by atoms with E-state index in [4.69, 9.17) is 4.74 Å². The smallest absolute Gasteiger partial charge is 0.348 e. The average Bonchev–Trinajstić information content (AvgIpc) is 2.92. The Morgan fingerprint density at radius 2 is 2.16 bits per heavy atom. The van der Waals surface area contributed by atoms with Crippen LogP contribution in [0.1, 0.15) is 36.0 Å². The van der Waals surface area contributed by atoms with Crippen LogP contribution < -0.4 is 4.90 Å². The van der Waals surface area contributed by atoms with Crippen molar-refractivity contribution < 1.29 is 9.53 Å². The van der Waals surface area contributed by atoms with Gasteiger partial charge in [-0.05, 0) is 32.4 Å². The van der Waals surface area contributed by atoms with E-state index < -0.39 is 0 Å². The predicted molar refractivity (Wildman–Crippen MR) is 102 cm³/mol. The SMILES string of the molecule is CCOC(=O)c1sc2ncnc(N3CCN(C)CC3C(C)C)c2c1C. The molecule has 2 aromatic rings. The first-order valence-corrected chi connectivity index (χ1v) is 9.62. The Bertz CT molecular complexity index is 774. The zero-order valence-electron chi connectivity index (χ0n) is 15.6. The Balaban J connectivity index is 2.08. The molecule has 0 N–H and O–H groups in total. The normalized spacial score (nSPS) is 19.0. The lowest BCUT2D eigenvalue weighted by atomic mass is 9.99. The molecule has 3 rings (SSSR count). The highest BCUT2D eigenvalue weighted by atomic mass is 32.1. The summed E-state index contributed by atoms with van der Waals surface area (Å²) in [7, 11) is 2.16. The van der Waals surface area contributed by atoms with Gasteiger partial charge in [0.15, 0.2) is 0 Å². The Morgan fingerprint density at radius 3 is 2.84 bits per heavy atom. The van der Waals surface area contributed by atoms with Gasteiger partial charge in [0.1, 0.15) is 21.9 Å². The number of hydrogen-bond acceptors (Lipinski definition) is 7. The fourth-order valence-corrected chi connectivity index (χ4v) is 4.49. The van der Waals surface area contributed by atoms with Crippen LogP contribution in [0, 0.1) is 12.8 Å². The molecule has 0 bridgehead atoms. The molecule has 1 fully saturated rings. The van der Waals surface area contributed by atoms with E-state index in [9.17, 15) is 4.79 Å². The van der Waals surface area contributed by atoms with Gasteiger partial charge in [-0.25, -0.2) is 14.8 Å². The van der Waals surface area contributed by atoms with Gasteiger partial charge in [-0.3, -0.25) is 0 Å². The topological polar surface area (TPSA) is 58.6 Å². The van der Waals surface area contributed by atoms with Gasteiger partial charge < -0.3 is 14.5 Å². The van der Waals surface area contributed by atoms with E-state index in [1.807, 2.05) is 13.8 Å². The molecular weight excluding hydrogens is 336 g/mol. The standard InChI is InChI=1S/C18H26N4O2S/c1-6-24-18(23)15-12(4)14-16(19-10-20-17(14)25-15)22-8-7-21(5)9-13(22)11(2)3/h10-11,13H,6-9H2,1-5H3. The molecule has 0 saturated carbocycles. The zero-order valence-corrected chi connectivity index (χ0v) is 16.4. The maximum atomic E-state index is 12.3. The van der Waals surface area contributed by atoms with Crippen LogP contribution in [-0.4, -0.2) is 60.2 Å². The molecule has 1 unspecified atom stereocenters. The van der Waals surface area contributed by atoms with E-state index in [0.717, 1.165) is 41.2 Å². The highest BCUT2D eigenvalue weighted by molar-refractivity contribution is 7.20. The minimum absolute atomic E-state index is 0.271. The van der Waals surface area contributed by atoms with E-state index >= 15 is 0 Å². The average molecular weight is 362 g/mol. The Morgan fingerprint density at radius 1 is 1.40 bits per heavy atom. The van der Waals surface area contributed by atoms with Crippen molar-refractivity contribution in [3.63, 3.8) is 0 Å². The largest absolute Gasteiger partial charge is 0.462 e. The molecule has 0 spiro atoms. The zero-order chi connectivity index (χ0) is 18.1. The van der Waals surface area contributed by atoms with Gasteiger partial charge in [-0.1, -0.05) is 13.8 Å². The molecule has 136 valence electrons. The van der Waals surface area contributed by atoms with E-state index in [1.54, 1.807) is 6.33 Å². The second-order valence-electron chi connectivity index (χ2n) is 6.92. The highest BCUT2D eigenvalue weighted by Crippen LogP contribution is 2.37. The third-order valence-corrected chi connectivity index (χ3v) is 6.01. The summed E-state index contributed by atoms with van der Waals surface area (Å²) in [6.07, 6.45) is 1.61. The fourth-order valence-electron chi connectivity index (χ4n) is 3.45. The number of thiophene rings is 1. The van der Waals surface area contributed by atoms with Crippen molar-refractivity contribution in [3.8, 4) is 0 Å². The van der Waals surface area contributed by atoms with Crippen molar-refractivity contribution in [1.82, 2.24) is 14.9 Å². The number of carbonyl (C=O) groups excluding carboxylic acids is 1. The van der Waals surface area contributed by atoms with Crippen LogP contribution in [0.25, 0.3) is 10.2 Å². The van der Waals surface area contributed by atoms with Crippen LogP contribution in [0.5, 0.6) is 0 Å². The summed E-state index contributed by atoms with van der Waals surface area (Å²) in [6.45, 7) is 11.6. The van der Waals surface area contributed by atoms with Crippen molar-refractivity contribution >= 4 is 33.3 Å². The summed E-state index contributed by atoms with van der Waals surface area (Å²) in [6, 6.07) is 0.391. The van der Waals surface area contributed by atoms with Crippen molar-refractivity contribution in [2.24, 2.45) is 5.92 Å². The lowest BCUT2D eigenvalue weighted by molar-refractivity contribution is 0.0531. The first-order valence-electron chi connectivity index (χ1n) is 8.80. The predicted octanol–water partition coefficient (Wildman–Crippen LogP) is 2.95. The second-order valence-corrected chi connectivity index (χ2v) is 7.92. The third-order valence-electron chi connectivity index (χ3n) is 4.83. The Kier molecular flexibility index (Phi) is 5.24. The summed E-state index contributed by atoms with van der Waals surface area (Å²) >= 11 is 1.40. The number of esters is 1. The number of anilines is 1. The summed E-state index contributed by atoms with van der Waals surface area (Å²) in [5, 5.41) is 0.991. The number of nitrogens with zero attached hydrogens (tertiary/aromatic N) is 4. The number of aromatic nitrogens is 2. The monoisotopic (exact) mass is 362 g/mol. The van der Waals surface area contributed by atoms with Crippen molar-refractivity contribution in [2.75, 3.05) is 38.2 Å². The molecular formula is C18H26N4O2S. The van der Waals surface area contributed by atoms with E-state index in [2.05, 4.69) is 40.7 Å². The molecule has 1 aliphatic heterocycles. The second kappa shape index (κ2) is 7.25. The minimum atomic E-state index is -0.271. The number of likely N-dealkylation sites (N-methyl/N-ethyl adjacent to an activating group) is 1. The Labute approximate surface area is 152 Å². The maximum absolute atomic E-state index is 12.3. The molecule has 25 heavy (non-hydrogen) atoms. The van der Waals surface area contributed by atoms with Crippen molar-refractivity contribution in [1.29, 1.82) is 0 Å². The molecule has 1 aliphatic rings.